The minimum Gasteiger partial charge on any atom is -0.399 e. The molecule has 0 saturated heterocycles. The number of rotatable bonds is 2. The lowest BCUT2D eigenvalue weighted by Crippen LogP contribution is -2.02. The van der Waals surface area contributed by atoms with E-state index in [1.54, 1.807) is 24.3 Å². The van der Waals surface area contributed by atoms with Crippen LogP contribution in [0.1, 0.15) is 15.9 Å². The molecule has 0 saturated carbocycles. The Bertz CT molecular complexity index is 594. The van der Waals surface area contributed by atoms with E-state index in [0.717, 1.165) is 7.57 Å². The van der Waals surface area contributed by atoms with Crippen molar-refractivity contribution >= 4 is 70.6 Å². The maximum atomic E-state index is 12.3. The number of benzene rings is 1. The van der Waals surface area contributed by atoms with E-state index in [-0.39, 0.29) is 5.78 Å². The van der Waals surface area contributed by atoms with Crippen molar-refractivity contribution in [1.29, 1.82) is 0 Å². The number of carbonyl (C=O) groups excluding carboxylic acids is 1. The van der Waals surface area contributed by atoms with Gasteiger partial charge in [-0.15, -0.1) is 11.3 Å². The number of anilines is 1. The molecule has 1 aromatic heterocycles. The number of carbonyl (C=O) groups is 1. The third kappa shape index (κ3) is 2.81. The third-order valence-electron chi connectivity index (χ3n) is 2.14. The summed E-state index contributed by atoms with van der Waals surface area (Å²) >= 11 is 11.6. The Hall–Kier alpha value is -0.170. The second-order valence-corrected chi connectivity index (χ2v) is 7.91. The zero-order valence-corrected chi connectivity index (χ0v) is 13.9. The van der Waals surface area contributed by atoms with Gasteiger partial charge in [0.05, 0.1) is 7.57 Å². The van der Waals surface area contributed by atoms with Crippen molar-refractivity contribution in [2.24, 2.45) is 0 Å². The van der Waals surface area contributed by atoms with Crippen LogP contribution < -0.4 is 5.73 Å². The summed E-state index contributed by atoms with van der Waals surface area (Å²) in [5, 5.41) is 0. The van der Waals surface area contributed by atoms with Crippen molar-refractivity contribution in [3.63, 3.8) is 0 Å². The molecule has 88 valence electrons. The molecule has 0 amide bonds. The maximum absolute atomic E-state index is 12.3. The van der Waals surface area contributed by atoms with E-state index in [1.165, 1.54) is 11.3 Å². The number of hydrogen-bond acceptors (Lipinski definition) is 3. The van der Waals surface area contributed by atoms with E-state index >= 15 is 0 Å². The number of nitrogen functional groups attached to an aromatic ring is 1. The summed E-state index contributed by atoms with van der Waals surface area (Å²) in [7, 11) is 0. The van der Waals surface area contributed by atoms with Crippen LogP contribution in [0.3, 0.4) is 0 Å². The fraction of sp³-hybridized carbons (Fsp3) is 0. The highest BCUT2D eigenvalue weighted by atomic mass is 79.9. The van der Waals surface area contributed by atoms with Crippen LogP contribution in [0.25, 0.3) is 0 Å². The van der Waals surface area contributed by atoms with Crippen LogP contribution in [0, 0.1) is 0 Å². The molecule has 0 aliphatic rings. The number of nitrogens with two attached hydrogens (primary N) is 1. The first-order valence-corrected chi connectivity index (χ1v) is 7.73. The second kappa shape index (κ2) is 5.22. The van der Waals surface area contributed by atoms with Crippen LogP contribution in [0.15, 0.2) is 36.3 Å². The Morgan fingerprint density at radius 2 is 1.82 bits per heavy atom. The van der Waals surface area contributed by atoms with E-state index in [4.69, 9.17) is 5.73 Å². The third-order valence-corrected chi connectivity index (χ3v) is 5.13. The van der Waals surface area contributed by atoms with E-state index in [0.29, 0.717) is 21.3 Å². The molecule has 2 nitrogen and oxygen atoms in total. The van der Waals surface area contributed by atoms with Crippen molar-refractivity contribution in [3.05, 3.63) is 47.4 Å². The van der Waals surface area contributed by atoms with Crippen LogP contribution in [0.5, 0.6) is 0 Å². The lowest BCUT2D eigenvalue weighted by Gasteiger charge is -2.03. The van der Waals surface area contributed by atoms with Gasteiger partial charge in [-0.3, -0.25) is 4.79 Å². The SMILES string of the molecule is Nc1ccc(C(=O)c2cc(Br)sc2Br)c(Br)c1. The Morgan fingerprint density at radius 3 is 2.35 bits per heavy atom. The van der Waals surface area contributed by atoms with Gasteiger partial charge in [0.25, 0.3) is 0 Å². The molecule has 0 bridgehead atoms. The number of hydrogen-bond donors (Lipinski definition) is 1. The monoisotopic (exact) mass is 437 g/mol. The molecule has 17 heavy (non-hydrogen) atoms. The summed E-state index contributed by atoms with van der Waals surface area (Å²) in [6.45, 7) is 0. The minimum atomic E-state index is -0.0364. The highest BCUT2D eigenvalue weighted by molar-refractivity contribution is 9.12. The van der Waals surface area contributed by atoms with Crippen LogP contribution in [-0.2, 0) is 0 Å². The van der Waals surface area contributed by atoms with E-state index in [9.17, 15) is 4.79 Å². The molecule has 0 radical (unpaired) electrons. The zero-order chi connectivity index (χ0) is 12.6. The first-order chi connectivity index (χ1) is 7.99. The molecule has 1 heterocycles. The molecule has 0 atom stereocenters. The molecule has 0 aliphatic carbocycles. The number of ketones is 1. The molecule has 2 N–H and O–H groups in total. The Kier molecular flexibility index (Phi) is 4.07. The predicted octanol–water partition coefficient (Wildman–Crippen LogP) is 4.85. The van der Waals surface area contributed by atoms with Crippen molar-refractivity contribution in [1.82, 2.24) is 0 Å². The number of thiophene rings is 1. The summed E-state index contributed by atoms with van der Waals surface area (Å²) in [5.74, 6) is -0.0364. The lowest BCUT2D eigenvalue weighted by atomic mass is 10.1. The van der Waals surface area contributed by atoms with Gasteiger partial charge < -0.3 is 5.73 Å². The van der Waals surface area contributed by atoms with Gasteiger partial charge in [-0.05, 0) is 72.1 Å². The van der Waals surface area contributed by atoms with E-state index < -0.39 is 0 Å². The first kappa shape index (κ1) is 13.3. The standard InChI is InChI=1S/C11H6Br3NOS/c12-8-3-5(15)1-2-6(8)10(16)7-4-9(13)17-11(7)14/h1-4H,15H2. The predicted molar refractivity (Wildman–Crippen MR) is 81.7 cm³/mol. The quantitative estimate of drug-likeness (QED) is 0.537. The van der Waals surface area contributed by atoms with Crippen molar-refractivity contribution in [2.75, 3.05) is 5.73 Å². The Balaban J connectivity index is 2.47. The molecule has 1 aromatic carbocycles. The molecular weight excluding hydrogens is 434 g/mol. The highest BCUT2D eigenvalue weighted by Crippen LogP contribution is 2.34. The zero-order valence-electron chi connectivity index (χ0n) is 8.34. The van der Waals surface area contributed by atoms with Crippen molar-refractivity contribution in [3.8, 4) is 0 Å². The van der Waals surface area contributed by atoms with E-state index in [1.807, 2.05) is 0 Å². The molecular formula is C11H6Br3NOS. The molecule has 0 spiro atoms. The molecule has 2 aromatic rings. The first-order valence-electron chi connectivity index (χ1n) is 4.53. The van der Waals surface area contributed by atoms with Crippen molar-refractivity contribution in [2.45, 2.75) is 0 Å². The van der Waals surface area contributed by atoms with Crippen LogP contribution in [-0.4, -0.2) is 5.78 Å². The van der Waals surface area contributed by atoms with E-state index in [2.05, 4.69) is 47.8 Å². The van der Waals surface area contributed by atoms with Crippen molar-refractivity contribution < 1.29 is 4.79 Å². The normalized spacial score (nSPS) is 10.5. The van der Waals surface area contributed by atoms with Gasteiger partial charge in [0.15, 0.2) is 5.78 Å². The minimum absolute atomic E-state index is 0.0364. The summed E-state index contributed by atoms with van der Waals surface area (Å²) in [5.41, 5.74) is 7.52. The van der Waals surface area contributed by atoms with Gasteiger partial charge in [0.1, 0.15) is 0 Å². The van der Waals surface area contributed by atoms with Gasteiger partial charge >= 0.3 is 0 Å². The maximum Gasteiger partial charge on any atom is 0.196 e. The lowest BCUT2D eigenvalue weighted by molar-refractivity contribution is 0.103. The fourth-order valence-corrected chi connectivity index (χ4v) is 4.73. The molecule has 0 fully saturated rings. The molecule has 0 aliphatic heterocycles. The smallest absolute Gasteiger partial charge is 0.196 e. The second-order valence-electron chi connectivity index (χ2n) is 3.31. The largest absolute Gasteiger partial charge is 0.399 e. The topological polar surface area (TPSA) is 43.1 Å². The summed E-state index contributed by atoms with van der Waals surface area (Å²) < 4.78 is 2.44. The number of halogens is 3. The average molecular weight is 440 g/mol. The fourth-order valence-electron chi connectivity index (χ4n) is 1.36. The van der Waals surface area contributed by atoms with Crippen LogP contribution in [0.4, 0.5) is 5.69 Å². The summed E-state index contributed by atoms with van der Waals surface area (Å²) in [6, 6.07) is 6.97. The Labute approximate surface area is 128 Å². The van der Waals surface area contributed by atoms with Gasteiger partial charge in [-0.2, -0.15) is 0 Å². The van der Waals surface area contributed by atoms with Crippen LogP contribution >= 0.6 is 59.1 Å². The molecule has 2 rings (SSSR count). The average Bonchev–Trinajstić information content (AvgIpc) is 2.57. The highest BCUT2D eigenvalue weighted by Gasteiger charge is 2.17. The molecule has 6 heteroatoms. The molecule has 0 unspecified atom stereocenters. The Morgan fingerprint density at radius 1 is 1.12 bits per heavy atom. The van der Waals surface area contributed by atoms with Gasteiger partial charge in [-0.1, -0.05) is 0 Å². The van der Waals surface area contributed by atoms with Crippen LogP contribution in [0.2, 0.25) is 0 Å². The summed E-state index contributed by atoms with van der Waals surface area (Å²) in [4.78, 5) is 12.3. The van der Waals surface area contributed by atoms with Gasteiger partial charge in [0, 0.05) is 21.3 Å². The summed E-state index contributed by atoms with van der Waals surface area (Å²) in [6.07, 6.45) is 0. The van der Waals surface area contributed by atoms with Gasteiger partial charge in [-0.25, -0.2) is 0 Å². The van der Waals surface area contributed by atoms with Gasteiger partial charge in [0.2, 0.25) is 0 Å².